The average Bonchev–Trinajstić information content (AvgIpc) is 2.94. The van der Waals surface area contributed by atoms with Crippen molar-refractivity contribution in [2.75, 3.05) is 6.54 Å². The van der Waals surface area contributed by atoms with Crippen LogP contribution in [0.5, 0.6) is 0 Å². The maximum atomic E-state index is 11.4. The summed E-state index contributed by atoms with van der Waals surface area (Å²) in [4.78, 5) is 28.5. The number of halogens is 1. The minimum atomic E-state index is -0.0290. The molecular weight excluding hydrogens is 272 g/mol. The molecule has 4 nitrogen and oxygen atoms in total. The van der Waals surface area contributed by atoms with Gasteiger partial charge in [-0.15, -0.1) is 22.9 Å². The van der Waals surface area contributed by atoms with E-state index in [0.717, 1.165) is 30.0 Å². The molecule has 18 heavy (non-hydrogen) atoms. The summed E-state index contributed by atoms with van der Waals surface area (Å²) < 4.78 is 0. The minimum absolute atomic E-state index is 0.0290. The lowest BCUT2D eigenvalue weighted by atomic mass is 10.2. The standard InChI is InChI=1S/C12H15ClN2O2S/c13-7-9-8-18-10(14-9)3-1-2-6-15-11(16)4-5-12(15)17/h8H,1-7H2. The Hall–Kier alpha value is -0.940. The Bertz CT molecular complexity index is 431. The highest BCUT2D eigenvalue weighted by molar-refractivity contribution is 7.09. The van der Waals surface area contributed by atoms with E-state index in [-0.39, 0.29) is 11.8 Å². The normalized spacial score (nSPS) is 15.7. The Kier molecular flexibility index (Phi) is 4.72. The maximum Gasteiger partial charge on any atom is 0.229 e. The van der Waals surface area contributed by atoms with E-state index in [0.29, 0.717) is 25.3 Å². The smallest absolute Gasteiger partial charge is 0.229 e. The third-order valence-corrected chi connectivity index (χ3v) is 4.14. The number of unbranched alkanes of at least 4 members (excludes halogenated alkanes) is 1. The second kappa shape index (κ2) is 6.29. The lowest BCUT2D eigenvalue weighted by Gasteiger charge is -2.12. The molecule has 0 atom stereocenters. The highest BCUT2D eigenvalue weighted by Crippen LogP contribution is 2.16. The van der Waals surface area contributed by atoms with Crippen LogP contribution in [0, 0.1) is 0 Å². The zero-order valence-corrected chi connectivity index (χ0v) is 11.6. The molecule has 0 aromatic carbocycles. The van der Waals surface area contributed by atoms with E-state index < -0.39 is 0 Å². The molecule has 1 aliphatic rings. The monoisotopic (exact) mass is 286 g/mol. The van der Waals surface area contributed by atoms with Gasteiger partial charge in [0.05, 0.1) is 16.6 Å². The van der Waals surface area contributed by atoms with Crippen LogP contribution < -0.4 is 0 Å². The second-order valence-corrected chi connectivity index (χ2v) is 5.47. The molecule has 0 unspecified atom stereocenters. The van der Waals surface area contributed by atoms with Crippen LogP contribution in [0.4, 0.5) is 0 Å². The molecule has 0 N–H and O–H groups in total. The fourth-order valence-corrected chi connectivity index (χ4v) is 3.01. The first-order chi connectivity index (χ1) is 8.70. The van der Waals surface area contributed by atoms with Crippen molar-refractivity contribution >= 4 is 34.8 Å². The quantitative estimate of drug-likeness (QED) is 0.458. The number of aromatic nitrogens is 1. The molecule has 98 valence electrons. The van der Waals surface area contributed by atoms with Gasteiger partial charge in [-0.1, -0.05) is 0 Å². The summed E-state index contributed by atoms with van der Waals surface area (Å²) in [6.07, 6.45) is 3.42. The van der Waals surface area contributed by atoms with Crippen LogP contribution in [0.15, 0.2) is 5.38 Å². The number of carbonyl (C=O) groups excluding carboxylic acids is 2. The van der Waals surface area contributed by atoms with Crippen molar-refractivity contribution in [3.63, 3.8) is 0 Å². The predicted octanol–water partition coefficient (Wildman–Crippen LogP) is 2.35. The number of imide groups is 1. The molecule has 2 rings (SSSR count). The molecule has 1 fully saturated rings. The summed E-state index contributed by atoms with van der Waals surface area (Å²) in [5.74, 6) is 0.394. The fourth-order valence-electron chi connectivity index (χ4n) is 1.94. The molecule has 0 spiro atoms. The van der Waals surface area contributed by atoms with Crippen molar-refractivity contribution in [3.8, 4) is 0 Å². The molecule has 1 aromatic heterocycles. The highest BCUT2D eigenvalue weighted by atomic mass is 35.5. The Morgan fingerprint density at radius 2 is 2.00 bits per heavy atom. The topological polar surface area (TPSA) is 50.3 Å². The van der Waals surface area contributed by atoms with E-state index in [4.69, 9.17) is 11.6 Å². The van der Waals surface area contributed by atoms with Gasteiger partial charge in [0.1, 0.15) is 0 Å². The van der Waals surface area contributed by atoms with Crippen LogP contribution in [0.3, 0.4) is 0 Å². The number of carbonyl (C=O) groups is 2. The molecule has 2 amide bonds. The molecule has 0 aliphatic carbocycles. The number of alkyl halides is 1. The number of amides is 2. The van der Waals surface area contributed by atoms with E-state index in [1.54, 1.807) is 11.3 Å². The van der Waals surface area contributed by atoms with Crippen LogP contribution in [-0.2, 0) is 21.9 Å². The lowest BCUT2D eigenvalue weighted by Crippen LogP contribution is -2.29. The van der Waals surface area contributed by atoms with E-state index >= 15 is 0 Å². The molecule has 0 bridgehead atoms. The van der Waals surface area contributed by atoms with Crippen LogP contribution in [0.2, 0.25) is 0 Å². The molecule has 0 radical (unpaired) electrons. The molecule has 0 saturated carbocycles. The number of hydrogen-bond acceptors (Lipinski definition) is 4. The first-order valence-corrected chi connectivity index (χ1v) is 7.44. The van der Waals surface area contributed by atoms with E-state index in [1.165, 1.54) is 4.90 Å². The van der Waals surface area contributed by atoms with Crippen molar-refractivity contribution < 1.29 is 9.59 Å². The molecular formula is C12H15ClN2O2S. The van der Waals surface area contributed by atoms with Gasteiger partial charge in [0.2, 0.25) is 11.8 Å². The number of aryl methyl sites for hydroxylation is 1. The van der Waals surface area contributed by atoms with Gasteiger partial charge in [-0.25, -0.2) is 4.98 Å². The zero-order chi connectivity index (χ0) is 13.0. The van der Waals surface area contributed by atoms with E-state index in [9.17, 15) is 9.59 Å². The largest absolute Gasteiger partial charge is 0.283 e. The van der Waals surface area contributed by atoms with Crippen LogP contribution in [-0.4, -0.2) is 28.2 Å². The van der Waals surface area contributed by atoms with Crippen LogP contribution in [0.25, 0.3) is 0 Å². The summed E-state index contributed by atoms with van der Waals surface area (Å²) in [5.41, 5.74) is 0.918. The fraction of sp³-hybridized carbons (Fsp3) is 0.583. The summed E-state index contributed by atoms with van der Waals surface area (Å²) in [7, 11) is 0. The Labute approximate surface area is 115 Å². The van der Waals surface area contributed by atoms with Crippen molar-refractivity contribution in [2.45, 2.75) is 38.0 Å². The van der Waals surface area contributed by atoms with Gasteiger partial charge in [-0.2, -0.15) is 0 Å². The molecule has 1 aliphatic heterocycles. The van der Waals surface area contributed by atoms with Gasteiger partial charge in [0.25, 0.3) is 0 Å². The number of rotatable bonds is 6. The second-order valence-electron chi connectivity index (χ2n) is 4.26. The van der Waals surface area contributed by atoms with Gasteiger partial charge in [0.15, 0.2) is 0 Å². The van der Waals surface area contributed by atoms with Crippen molar-refractivity contribution in [3.05, 3.63) is 16.1 Å². The predicted molar refractivity (Wildman–Crippen MR) is 70.6 cm³/mol. The number of likely N-dealkylation sites (tertiary alicyclic amines) is 1. The lowest BCUT2D eigenvalue weighted by molar-refractivity contribution is -0.138. The number of nitrogens with zero attached hydrogens (tertiary/aromatic N) is 2. The summed E-state index contributed by atoms with van der Waals surface area (Å²) in [6, 6.07) is 0. The highest BCUT2D eigenvalue weighted by Gasteiger charge is 2.27. The molecule has 6 heteroatoms. The van der Waals surface area contributed by atoms with Gasteiger partial charge in [-0.3, -0.25) is 14.5 Å². The third-order valence-electron chi connectivity index (χ3n) is 2.91. The van der Waals surface area contributed by atoms with Crippen LogP contribution in [0.1, 0.15) is 36.4 Å². The van der Waals surface area contributed by atoms with Crippen molar-refractivity contribution in [1.29, 1.82) is 0 Å². The molecule has 1 aromatic rings. The van der Waals surface area contributed by atoms with Gasteiger partial charge in [0, 0.05) is 24.8 Å². The first-order valence-electron chi connectivity index (χ1n) is 6.03. The van der Waals surface area contributed by atoms with E-state index in [1.807, 2.05) is 5.38 Å². The summed E-state index contributed by atoms with van der Waals surface area (Å²) >= 11 is 7.30. The maximum absolute atomic E-state index is 11.4. The molecule has 1 saturated heterocycles. The zero-order valence-electron chi connectivity index (χ0n) is 10.0. The third kappa shape index (κ3) is 3.29. The van der Waals surface area contributed by atoms with Crippen molar-refractivity contribution in [1.82, 2.24) is 9.88 Å². The number of thiazole rings is 1. The first kappa shape index (κ1) is 13.5. The Morgan fingerprint density at radius 3 is 2.61 bits per heavy atom. The average molecular weight is 287 g/mol. The Morgan fingerprint density at radius 1 is 1.28 bits per heavy atom. The summed E-state index contributed by atoms with van der Waals surface area (Å²) in [6.45, 7) is 0.547. The SMILES string of the molecule is O=C1CCC(=O)N1CCCCc1nc(CCl)cs1. The van der Waals surface area contributed by atoms with Crippen molar-refractivity contribution in [2.24, 2.45) is 0 Å². The Balaban J connectivity index is 1.69. The minimum Gasteiger partial charge on any atom is -0.283 e. The van der Waals surface area contributed by atoms with Crippen LogP contribution >= 0.6 is 22.9 Å². The van der Waals surface area contributed by atoms with Gasteiger partial charge in [-0.05, 0) is 19.3 Å². The summed E-state index contributed by atoms with van der Waals surface area (Å²) in [5, 5.41) is 3.04. The number of hydrogen-bond donors (Lipinski definition) is 0. The van der Waals surface area contributed by atoms with Gasteiger partial charge >= 0.3 is 0 Å². The van der Waals surface area contributed by atoms with E-state index in [2.05, 4.69) is 4.98 Å². The molecule has 2 heterocycles. The van der Waals surface area contributed by atoms with Gasteiger partial charge < -0.3 is 0 Å².